The van der Waals surface area contributed by atoms with E-state index < -0.39 is 5.41 Å². The van der Waals surface area contributed by atoms with E-state index in [0.29, 0.717) is 12.3 Å². The van der Waals surface area contributed by atoms with Crippen LogP contribution >= 0.6 is 0 Å². The van der Waals surface area contributed by atoms with Crippen LogP contribution in [0.1, 0.15) is 70.9 Å². The Bertz CT molecular complexity index is 891. The molecule has 2 aliphatic heterocycles. The van der Waals surface area contributed by atoms with Gasteiger partial charge in [-0.05, 0) is 35.3 Å². The van der Waals surface area contributed by atoms with Crippen LogP contribution in [0.2, 0.25) is 0 Å². The zero-order valence-corrected chi connectivity index (χ0v) is 17.0. The molecule has 2 heterocycles. The lowest BCUT2D eigenvalue weighted by Gasteiger charge is -2.48. The van der Waals surface area contributed by atoms with Gasteiger partial charge in [0, 0.05) is 23.3 Å². The maximum atomic E-state index is 13.4. The fraction of sp³-hybridized carbons (Fsp3) is 0.522. The van der Waals surface area contributed by atoms with Gasteiger partial charge in [-0.15, -0.1) is 0 Å². The molecule has 0 aromatic heterocycles. The first kappa shape index (κ1) is 18.1. The van der Waals surface area contributed by atoms with Gasteiger partial charge in [-0.3, -0.25) is 4.79 Å². The minimum absolute atomic E-state index is 0.0286. The van der Waals surface area contributed by atoms with E-state index in [1.165, 1.54) is 11.1 Å². The normalized spacial score (nSPS) is 28.7. The molecule has 0 spiro atoms. The minimum Gasteiger partial charge on any atom is -0.362 e. The number of fused-ring (bicyclic) bond motifs is 1. The zero-order valence-electron chi connectivity index (χ0n) is 17.0. The Morgan fingerprint density at radius 1 is 1.26 bits per heavy atom. The monoisotopic (exact) mass is 363 g/mol. The second-order valence-electron chi connectivity index (χ2n) is 9.20. The third kappa shape index (κ3) is 2.69. The topological polar surface area (TPSA) is 53.8 Å². The molecule has 0 bridgehead atoms. The molecule has 0 saturated heterocycles. The minimum atomic E-state index is -0.437. The van der Waals surface area contributed by atoms with E-state index in [-0.39, 0.29) is 17.4 Å². The number of carbonyl (C=O) groups excluding carboxylic acids is 1. The lowest BCUT2D eigenvalue weighted by Crippen LogP contribution is -2.51. The highest BCUT2D eigenvalue weighted by molar-refractivity contribution is 6.01. The van der Waals surface area contributed by atoms with Gasteiger partial charge in [-0.25, -0.2) is 0 Å². The van der Waals surface area contributed by atoms with Crippen LogP contribution in [0.15, 0.2) is 57.5 Å². The molecule has 0 saturated carbocycles. The van der Waals surface area contributed by atoms with Gasteiger partial charge in [-0.1, -0.05) is 58.9 Å². The van der Waals surface area contributed by atoms with Crippen LogP contribution in [0.3, 0.4) is 0 Å². The fourth-order valence-corrected chi connectivity index (χ4v) is 5.05. The molecular weight excluding hydrogens is 334 g/mol. The molecule has 3 aliphatic rings. The third-order valence-corrected chi connectivity index (χ3v) is 6.36. The van der Waals surface area contributed by atoms with Crippen LogP contribution < -0.4 is 5.32 Å². The number of hydrogen-bond acceptors (Lipinski definition) is 4. The van der Waals surface area contributed by atoms with Crippen LogP contribution in [-0.4, -0.2) is 11.9 Å². The Morgan fingerprint density at radius 3 is 2.74 bits per heavy atom. The number of Topliss-reactive ketones (excluding diaryl/α,β-unsaturated/α-hetero) is 1. The number of rotatable bonds is 3. The van der Waals surface area contributed by atoms with Crippen molar-refractivity contribution in [2.45, 2.75) is 71.4 Å². The molecule has 4 nitrogen and oxygen atoms in total. The van der Waals surface area contributed by atoms with E-state index in [1.807, 2.05) is 6.20 Å². The van der Waals surface area contributed by atoms with Crippen molar-refractivity contribution in [3.8, 4) is 0 Å². The maximum absolute atomic E-state index is 13.4. The molecule has 4 rings (SSSR count). The average molecular weight is 364 g/mol. The molecule has 1 aromatic rings. The number of nitrogens with one attached hydrogen (secondary N) is 1. The maximum Gasteiger partial charge on any atom is 0.164 e. The standard InChI is InChI=1S/C23H29N3O/c1-6-23(16-9-7-8-15(10-16)14(2)3)17-13-24-26-21(17)25-18-11-22(4,5)12-19(27)20(18)23/h7-10,13-14,21,25H,6,11-12H2,1-5H3/t21?,23-/m0/s1. The van der Waals surface area contributed by atoms with Crippen LogP contribution in [0.25, 0.3) is 0 Å². The van der Waals surface area contributed by atoms with E-state index in [2.05, 4.69) is 74.4 Å². The summed E-state index contributed by atoms with van der Waals surface area (Å²) in [7, 11) is 0. The van der Waals surface area contributed by atoms with Gasteiger partial charge in [0.25, 0.3) is 0 Å². The highest BCUT2D eigenvalue weighted by Gasteiger charge is 2.52. The van der Waals surface area contributed by atoms with Crippen molar-refractivity contribution < 1.29 is 4.79 Å². The molecule has 1 N–H and O–H groups in total. The quantitative estimate of drug-likeness (QED) is 0.784. The smallest absolute Gasteiger partial charge is 0.164 e. The molecule has 27 heavy (non-hydrogen) atoms. The average Bonchev–Trinajstić information content (AvgIpc) is 3.07. The summed E-state index contributed by atoms with van der Waals surface area (Å²) in [6.07, 6.45) is 4.01. The number of carbonyl (C=O) groups is 1. The summed E-state index contributed by atoms with van der Waals surface area (Å²) in [6.45, 7) is 10.9. The molecule has 142 valence electrons. The third-order valence-electron chi connectivity index (χ3n) is 6.36. The van der Waals surface area contributed by atoms with Crippen molar-refractivity contribution in [3.05, 3.63) is 58.4 Å². The van der Waals surface area contributed by atoms with Gasteiger partial charge in [0.1, 0.15) is 0 Å². The van der Waals surface area contributed by atoms with Crippen molar-refractivity contribution in [3.63, 3.8) is 0 Å². The Kier molecular flexibility index (Phi) is 4.13. The summed E-state index contributed by atoms with van der Waals surface area (Å²) in [5.41, 5.74) is 5.15. The molecule has 0 radical (unpaired) electrons. The van der Waals surface area contributed by atoms with Gasteiger partial charge in [-0.2, -0.15) is 10.2 Å². The van der Waals surface area contributed by atoms with Crippen molar-refractivity contribution >= 4 is 5.78 Å². The fourth-order valence-electron chi connectivity index (χ4n) is 5.05. The van der Waals surface area contributed by atoms with Gasteiger partial charge >= 0.3 is 0 Å². The molecule has 1 aromatic carbocycles. The largest absolute Gasteiger partial charge is 0.362 e. The summed E-state index contributed by atoms with van der Waals surface area (Å²) in [5.74, 6) is 0.703. The van der Waals surface area contributed by atoms with Crippen LogP contribution in [-0.2, 0) is 10.2 Å². The summed E-state index contributed by atoms with van der Waals surface area (Å²) in [6, 6.07) is 8.76. The summed E-state index contributed by atoms with van der Waals surface area (Å²) >= 11 is 0. The number of ketones is 1. The molecule has 0 amide bonds. The van der Waals surface area contributed by atoms with E-state index in [0.717, 1.165) is 29.7 Å². The summed E-state index contributed by atoms with van der Waals surface area (Å²) in [4.78, 5) is 13.4. The molecular formula is C23H29N3O. The SMILES string of the molecule is CC[C@]1(c2cccc(C(C)C)c2)C2=CN=NC2NC2=C1C(=O)CC(C)(C)C2. The number of azo groups is 1. The van der Waals surface area contributed by atoms with Crippen molar-refractivity contribution in [1.82, 2.24) is 5.32 Å². The Morgan fingerprint density at radius 2 is 2.04 bits per heavy atom. The molecule has 1 unspecified atom stereocenters. The number of allylic oxidation sites excluding steroid dienone is 2. The Balaban J connectivity index is 1.98. The second-order valence-corrected chi connectivity index (χ2v) is 9.20. The first-order valence-corrected chi connectivity index (χ1v) is 10.0. The first-order chi connectivity index (χ1) is 12.8. The highest BCUT2D eigenvalue weighted by Crippen LogP contribution is 2.53. The van der Waals surface area contributed by atoms with Crippen molar-refractivity contribution in [1.29, 1.82) is 0 Å². The molecule has 2 atom stereocenters. The summed E-state index contributed by atoms with van der Waals surface area (Å²) in [5, 5.41) is 12.2. The van der Waals surface area contributed by atoms with E-state index in [9.17, 15) is 4.79 Å². The van der Waals surface area contributed by atoms with Gasteiger partial charge in [0.05, 0.1) is 11.6 Å². The van der Waals surface area contributed by atoms with Crippen LogP contribution in [0, 0.1) is 5.41 Å². The van der Waals surface area contributed by atoms with E-state index >= 15 is 0 Å². The van der Waals surface area contributed by atoms with Crippen molar-refractivity contribution in [2.24, 2.45) is 15.6 Å². The number of hydrogen-bond donors (Lipinski definition) is 1. The van der Waals surface area contributed by atoms with Crippen LogP contribution in [0.4, 0.5) is 0 Å². The number of nitrogens with zero attached hydrogens (tertiary/aromatic N) is 2. The zero-order chi connectivity index (χ0) is 19.4. The first-order valence-electron chi connectivity index (χ1n) is 10.0. The van der Waals surface area contributed by atoms with Crippen LogP contribution in [0.5, 0.6) is 0 Å². The molecule has 0 fully saturated rings. The lowest BCUT2D eigenvalue weighted by molar-refractivity contribution is -0.119. The Labute approximate surface area is 161 Å². The molecule has 1 aliphatic carbocycles. The molecule has 4 heteroatoms. The van der Waals surface area contributed by atoms with E-state index in [4.69, 9.17) is 0 Å². The second kappa shape index (κ2) is 6.15. The predicted molar refractivity (Wildman–Crippen MR) is 107 cm³/mol. The summed E-state index contributed by atoms with van der Waals surface area (Å²) < 4.78 is 0. The highest BCUT2D eigenvalue weighted by atomic mass is 16.1. The lowest BCUT2D eigenvalue weighted by atomic mass is 9.58. The predicted octanol–water partition coefficient (Wildman–Crippen LogP) is 5.38. The van der Waals surface area contributed by atoms with Gasteiger partial charge in [0.2, 0.25) is 0 Å². The number of benzene rings is 1. The van der Waals surface area contributed by atoms with Crippen molar-refractivity contribution in [2.75, 3.05) is 0 Å². The van der Waals surface area contributed by atoms with E-state index in [1.54, 1.807) is 0 Å². The Hall–Kier alpha value is -2.23. The van der Waals surface area contributed by atoms with Gasteiger partial charge in [0.15, 0.2) is 11.9 Å². The van der Waals surface area contributed by atoms with Gasteiger partial charge < -0.3 is 5.32 Å².